The first kappa shape index (κ1) is 16.0. The van der Waals surface area contributed by atoms with Crippen molar-refractivity contribution in [2.75, 3.05) is 26.0 Å². The number of nitrogens with two attached hydrogens (primary N) is 1. The highest BCUT2D eigenvalue weighted by atomic mass is 79.9. The van der Waals surface area contributed by atoms with E-state index < -0.39 is 0 Å². The first-order valence-electron chi connectivity index (χ1n) is 6.36. The van der Waals surface area contributed by atoms with E-state index in [2.05, 4.69) is 22.9 Å². The number of anilines is 1. The molecule has 1 unspecified atom stereocenters. The van der Waals surface area contributed by atoms with Gasteiger partial charge in [-0.05, 0) is 47.5 Å². The quantitative estimate of drug-likeness (QED) is 0.817. The van der Waals surface area contributed by atoms with Crippen LogP contribution in [0.15, 0.2) is 22.7 Å². The molecule has 0 fully saturated rings. The lowest BCUT2D eigenvalue weighted by Crippen LogP contribution is -2.40. The first-order chi connectivity index (χ1) is 9.01. The monoisotopic (exact) mass is 328 g/mol. The highest BCUT2D eigenvalue weighted by Gasteiger charge is 2.20. The Kier molecular flexibility index (Phi) is 6.31. The third-order valence-corrected chi connectivity index (χ3v) is 3.85. The van der Waals surface area contributed by atoms with Gasteiger partial charge in [-0.1, -0.05) is 6.92 Å². The lowest BCUT2D eigenvalue weighted by molar-refractivity contribution is 0.0614. The zero-order valence-electron chi connectivity index (χ0n) is 11.6. The van der Waals surface area contributed by atoms with Crippen LogP contribution in [-0.2, 0) is 4.74 Å². The Balaban J connectivity index is 2.94. The minimum Gasteiger partial charge on any atom is -0.398 e. The summed E-state index contributed by atoms with van der Waals surface area (Å²) in [6.45, 7) is 5.23. The molecule has 1 aromatic carbocycles. The highest BCUT2D eigenvalue weighted by molar-refractivity contribution is 9.10. The lowest BCUT2D eigenvalue weighted by Gasteiger charge is -2.28. The molecule has 1 amide bonds. The van der Waals surface area contributed by atoms with Gasteiger partial charge in [-0.2, -0.15) is 0 Å². The molecule has 0 spiro atoms. The van der Waals surface area contributed by atoms with Crippen molar-refractivity contribution in [2.24, 2.45) is 0 Å². The highest BCUT2D eigenvalue weighted by Crippen LogP contribution is 2.22. The number of methoxy groups -OCH3 is 1. The van der Waals surface area contributed by atoms with Crippen LogP contribution in [0.3, 0.4) is 0 Å². The van der Waals surface area contributed by atoms with Gasteiger partial charge in [0.05, 0.1) is 6.61 Å². The summed E-state index contributed by atoms with van der Waals surface area (Å²) in [7, 11) is 1.64. The van der Waals surface area contributed by atoms with E-state index in [1.165, 1.54) is 0 Å². The average Bonchev–Trinajstić information content (AvgIpc) is 2.41. The largest absolute Gasteiger partial charge is 0.398 e. The van der Waals surface area contributed by atoms with Crippen molar-refractivity contribution in [2.45, 2.75) is 26.3 Å². The number of nitrogens with zero attached hydrogens (tertiary/aromatic N) is 1. The predicted molar refractivity (Wildman–Crippen MR) is 81.2 cm³/mol. The summed E-state index contributed by atoms with van der Waals surface area (Å²) in [5, 5.41) is 0. The standard InChI is InChI=1S/C14H21BrN2O2/c1-4-10(2)17(7-8-19-3)14(18)11-5-6-13(16)12(15)9-11/h5-6,9-10H,4,7-8,16H2,1-3H3. The fourth-order valence-corrected chi connectivity index (χ4v) is 2.14. The number of amides is 1. The fraction of sp³-hybridized carbons (Fsp3) is 0.500. The Morgan fingerprint density at radius 2 is 2.21 bits per heavy atom. The Labute approximate surface area is 123 Å². The number of rotatable bonds is 6. The first-order valence-corrected chi connectivity index (χ1v) is 7.15. The van der Waals surface area contributed by atoms with Crippen molar-refractivity contribution in [3.05, 3.63) is 28.2 Å². The van der Waals surface area contributed by atoms with E-state index >= 15 is 0 Å². The van der Waals surface area contributed by atoms with E-state index in [1.807, 2.05) is 11.8 Å². The summed E-state index contributed by atoms with van der Waals surface area (Å²) in [5.74, 6) is 0.00657. The molecule has 19 heavy (non-hydrogen) atoms. The number of nitrogen functional groups attached to an aromatic ring is 1. The maximum absolute atomic E-state index is 12.5. The number of ether oxygens (including phenoxy) is 1. The molecule has 0 radical (unpaired) electrons. The van der Waals surface area contributed by atoms with Crippen molar-refractivity contribution in [3.8, 4) is 0 Å². The van der Waals surface area contributed by atoms with Gasteiger partial charge >= 0.3 is 0 Å². The number of carbonyl (C=O) groups is 1. The van der Waals surface area contributed by atoms with E-state index in [0.717, 1.165) is 10.9 Å². The summed E-state index contributed by atoms with van der Waals surface area (Å²) >= 11 is 3.35. The molecule has 0 saturated carbocycles. The lowest BCUT2D eigenvalue weighted by atomic mass is 10.1. The molecule has 1 atom stereocenters. The van der Waals surface area contributed by atoms with Crippen LogP contribution >= 0.6 is 15.9 Å². The topological polar surface area (TPSA) is 55.6 Å². The van der Waals surface area contributed by atoms with Gasteiger partial charge in [-0.3, -0.25) is 4.79 Å². The number of hydrogen-bond donors (Lipinski definition) is 1. The predicted octanol–water partition coefficient (Wildman–Crippen LogP) is 2.92. The van der Waals surface area contributed by atoms with E-state index in [-0.39, 0.29) is 11.9 Å². The van der Waals surface area contributed by atoms with Gasteiger partial charge in [-0.15, -0.1) is 0 Å². The molecule has 1 aromatic rings. The SMILES string of the molecule is CCC(C)N(CCOC)C(=O)c1ccc(N)c(Br)c1. The number of carbonyl (C=O) groups excluding carboxylic acids is 1. The number of halogens is 1. The summed E-state index contributed by atoms with van der Waals surface area (Å²) in [6, 6.07) is 5.44. The van der Waals surface area contributed by atoms with Gasteiger partial charge in [0.25, 0.3) is 5.91 Å². The van der Waals surface area contributed by atoms with Crippen LogP contribution in [0.1, 0.15) is 30.6 Å². The second-order valence-corrected chi connectivity index (χ2v) is 5.34. The minimum absolute atomic E-state index is 0.00657. The molecule has 2 N–H and O–H groups in total. The Morgan fingerprint density at radius 3 is 2.74 bits per heavy atom. The van der Waals surface area contributed by atoms with E-state index in [1.54, 1.807) is 25.3 Å². The van der Waals surface area contributed by atoms with Crippen LogP contribution in [0.25, 0.3) is 0 Å². The second kappa shape index (κ2) is 7.50. The second-order valence-electron chi connectivity index (χ2n) is 4.48. The Bertz CT molecular complexity index is 437. The van der Waals surface area contributed by atoms with Crippen molar-refractivity contribution in [1.29, 1.82) is 0 Å². The summed E-state index contributed by atoms with van der Waals surface area (Å²) < 4.78 is 5.82. The van der Waals surface area contributed by atoms with Crippen LogP contribution in [0.2, 0.25) is 0 Å². The third kappa shape index (κ3) is 4.21. The molecule has 5 heteroatoms. The molecular formula is C14H21BrN2O2. The van der Waals surface area contributed by atoms with Crippen LogP contribution in [0.4, 0.5) is 5.69 Å². The van der Waals surface area contributed by atoms with Gasteiger partial charge in [0.2, 0.25) is 0 Å². The molecule has 0 aromatic heterocycles. The smallest absolute Gasteiger partial charge is 0.254 e. The molecule has 0 heterocycles. The molecule has 0 aliphatic rings. The van der Waals surface area contributed by atoms with Crippen molar-refractivity contribution in [1.82, 2.24) is 4.90 Å². The molecule has 4 nitrogen and oxygen atoms in total. The van der Waals surface area contributed by atoms with E-state index in [0.29, 0.717) is 24.4 Å². The van der Waals surface area contributed by atoms with E-state index in [9.17, 15) is 4.79 Å². The molecule has 0 aliphatic carbocycles. The van der Waals surface area contributed by atoms with Crippen LogP contribution < -0.4 is 5.73 Å². The number of hydrogen-bond acceptors (Lipinski definition) is 3. The molecule has 106 valence electrons. The average molecular weight is 329 g/mol. The van der Waals surface area contributed by atoms with Gasteiger partial charge in [0.1, 0.15) is 0 Å². The van der Waals surface area contributed by atoms with Gasteiger partial charge in [0.15, 0.2) is 0 Å². The van der Waals surface area contributed by atoms with Gasteiger partial charge < -0.3 is 15.4 Å². The van der Waals surface area contributed by atoms with Crippen LogP contribution in [-0.4, -0.2) is 37.1 Å². The molecular weight excluding hydrogens is 308 g/mol. The van der Waals surface area contributed by atoms with Gasteiger partial charge in [0, 0.05) is 35.4 Å². The Morgan fingerprint density at radius 1 is 1.53 bits per heavy atom. The number of benzene rings is 1. The van der Waals surface area contributed by atoms with Crippen molar-refractivity contribution in [3.63, 3.8) is 0 Å². The normalized spacial score (nSPS) is 12.2. The molecule has 1 rings (SSSR count). The zero-order chi connectivity index (χ0) is 14.4. The maximum atomic E-state index is 12.5. The minimum atomic E-state index is 0.00657. The summed E-state index contributed by atoms with van der Waals surface area (Å²) in [6.07, 6.45) is 0.908. The van der Waals surface area contributed by atoms with Crippen LogP contribution in [0, 0.1) is 0 Å². The van der Waals surface area contributed by atoms with E-state index in [4.69, 9.17) is 10.5 Å². The van der Waals surface area contributed by atoms with Gasteiger partial charge in [-0.25, -0.2) is 0 Å². The molecule has 0 aliphatic heterocycles. The zero-order valence-corrected chi connectivity index (χ0v) is 13.2. The third-order valence-electron chi connectivity index (χ3n) is 3.17. The fourth-order valence-electron chi connectivity index (χ4n) is 1.76. The van der Waals surface area contributed by atoms with Crippen molar-refractivity contribution >= 4 is 27.5 Å². The molecule has 0 saturated heterocycles. The van der Waals surface area contributed by atoms with Crippen molar-refractivity contribution < 1.29 is 9.53 Å². The molecule has 0 bridgehead atoms. The maximum Gasteiger partial charge on any atom is 0.254 e. The summed E-state index contributed by atoms with van der Waals surface area (Å²) in [4.78, 5) is 14.4. The van der Waals surface area contributed by atoms with Crippen LogP contribution in [0.5, 0.6) is 0 Å². The Hall–Kier alpha value is -1.07. The summed E-state index contributed by atoms with van der Waals surface area (Å²) in [5.41, 5.74) is 7.00.